The monoisotopic (exact) mass is 568 g/mol. The molecule has 3 aromatic rings. The van der Waals surface area contributed by atoms with Gasteiger partial charge in [-0.05, 0) is 67.5 Å². The van der Waals surface area contributed by atoms with E-state index in [0.29, 0.717) is 50.9 Å². The molecule has 2 aliphatic rings. The van der Waals surface area contributed by atoms with Crippen LogP contribution in [0.4, 0.5) is 5.69 Å². The van der Waals surface area contributed by atoms with Gasteiger partial charge in [0, 0.05) is 43.3 Å². The van der Waals surface area contributed by atoms with Crippen molar-refractivity contribution >= 4 is 23.5 Å². The van der Waals surface area contributed by atoms with Crippen LogP contribution in [0, 0.1) is 5.41 Å². The van der Waals surface area contributed by atoms with E-state index in [4.69, 9.17) is 10.5 Å². The number of rotatable bonds is 10. The van der Waals surface area contributed by atoms with Crippen LogP contribution in [-0.4, -0.2) is 55.0 Å². The Bertz CT molecular complexity index is 1410. The molecule has 42 heavy (non-hydrogen) atoms. The molecule has 3 unspecified atom stereocenters. The van der Waals surface area contributed by atoms with Gasteiger partial charge >= 0.3 is 5.97 Å². The molecule has 220 valence electrons. The van der Waals surface area contributed by atoms with Crippen molar-refractivity contribution in [2.24, 2.45) is 11.1 Å². The fraction of sp³-hybridized carbons (Fsp3) is 0.382. The third kappa shape index (κ3) is 6.49. The molecule has 8 heteroatoms. The van der Waals surface area contributed by atoms with Crippen molar-refractivity contribution in [2.45, 2.75) is 51.1 Å². The Morgan fingerprint density at radius 3 is 2.60 bits per heavy atom. The summed E-state index contributed by atoms with van der Waals surface area (Å²) in [6.07, 6.45) is 2.23. The van der Waals surface area contributed by atoms with Crippen LogP contribution in [0.2, 0.25) is 0 Å². The van der Waals surface area contributed by atoms with Crippen molar-refractivity contribution in [3.05, 3.63) is 101 Å². The Balaban J connectivity index is 1.42. The van der Waals surface area contributed by atoms with Crippen molar-refractivity contribution in [1.82, 2.24) is 10.2 Å². The molecule has 3 atom stereocenters. The molecular weight excluding hydrogens is 528 g/mol. The van der Waals surface area contributed by atoms with E-state index in [1.807, 2.05) is 54.6 Å². The number of piperidine rings is 1. The van der Waals surface area contributed by atoms with E-state index >= 15 is 0 Å². The van der Waals surface area contributed by atoms with Crippen LogP contribution < -0.4 is 16.4 Å². The molecular formula is C34H40N4O4. The normalized spacial score (nSPS) is 20.2. The lowest BCUT2D eigenvalue weighted by molar-refractivity contribution is -0.161. The predicted molar refractivity (Wildman–Crippen MR) is 163 cm³/mol. The number of carbonyl (C=O) groups is 3. The van der Waals surface area contributed by atoms with Gasteiger partial charge < -0.3 is 26.0 Å². The van der Waals surface area contributed by atoms with Gasteiger partial charge in [0.05, 0.1) is 12.0 Å². The van der Waals surface area contributed by atoms with Gasteiger partial charge in [0.1, 0.15) is 6.04 Å². The van der Waals surface area contributed by atoms with Gasteiger partial charge in [-0.3, -0.25) is 14.4 Å². The van der Waals surface area contributed by atoms with Crippen LogP contribution in [0.5, 0.6) is 0 Å². The number of carbonyl (C=O) groups excluding carboxylic acids is 3. The minimum atomic E-state index is -0.850. The molecule has 0 aromatic heterocycles. The molecule has 1 saturated heterocycles. The van der Waals surface area contributed by atoms with E-state index in [9.17, 15) is 14.4 Å². The quantitative estimate of drug-likeness (QED) is 0.315. The summed E-state index contributed by atoms with van der Waals surface area (Å²) < 4.78 is 5.57. The van der Waals surface area contributed by atoms with Crippen LogP contribution in [0.1, 0.15) is 59.2 Å². The van der Waals surface area contributed by atoms with E-state index in [-0.39, 0.29) is 36.9 Å². The smallest absolute Gasteiger partial charge is 0.314 e. The number of nitrogens with zero attached hydrogens (tertiary/aromatic N) is 1. The lowest BCUT2D eigenvalue weighted by Crippen LogP contribution is -2.56. The summed E-state index contributed by atoms with van der Waals surface area (Å²) in [5.41, 5.74) is 9.48. The number of esters is 1. The highest BCUT2D eigenvalue weighted by Crippen LogP contribution is 2.37. The van der Waals surface area contributed by atoms with E-state index in [0.717, 1.165) is 22.4 Å². The van der Waals surface area contributed by atoms with Gasteiger partial charge in [0.25, 0.3) is 5.91 Å². The number of amides is 2. The minimum absolute atomic E-state index is 0.0507. The maximum Gasteiger partial charge on any atom is 0.314 e. The maximum atomic E-state index is 14.3. The lowest BCUT2D eigenvalue weighted by Gasteiger charge is -2.42. The molecule has 8 nitrogen and oxygen atoms in total. The average Bonchev–Trinajstić information content (AvgIpc) is 3.43. The maximum absolute atomic E-state index is 14.3. The van der Waals surface area contributed by atoms with Crippen molar-refractivity contribution in [1.29, 1.82) is 0 Å². The molecule has 5 rings (SSSR count). The Morgan fingerprint density at radius 2 is 1.81 bits per heavy atom. The first-order chi connectivity index (χ1) is 20.4. The van der Waals surface area contributed by atoms with Crippen molar-refractivity contribution in [2.75, 3.05) is 31.6 Å². The van der Waals surface area contributed by atoms with Crippen molar-refractivity contribution in [3.8, 4) is 0 Å². The largest absolute Gasteiger partial charge is 0.466 e. The third-order valence-electron chi connectivity index (χ3n) is 8.47. The summed E-state index contributed by atoms with van der Waals surface area (Å²) in [5.74, 6) is -0.723. The number of benzene rings is 3. The first-order valence-corrected chi connectivity index (χ1v) is 14.8. The summed E-state index contributed by atoms with van der Waals surface area (Å²) in [6, 6.07) is 24.3. The van der Waals surface area contributed by atoms with Gasteiger partial charge in [-0.2, -0.15) is 0 Å². The van der Waals surface area contributed by atoms with Crippen LogP contribution >= 0.6 is 0 Å². The number of hydrogen-bond acceptors (Lipinski definition) is 6. The van der Waals surface area contributed by atoms with Gasteiger partial charge in [0.15, 0.2) is 0 Å². The van der Waals surface area contributed by atoms with Crippen LogP contribution in [-0.2, 0) is 27.3 Å². The number of nitrogens with two attached hydrogens (primary N) is 1. The fourth-order valence-electron chi connectivity index (χ4n) is 6.35. The highest BCUT2D eigenvalue weighted by molar-refractivity contribution is 5.98. The molecule has 0 bridgehead atoms. The zero-order chi connectivity index (χ0) is 29.5. The molecule has 2 heterocycles. The van der Waals surface area contributed by atoms with E-state index in [1.165, 1.54) is 0 Å². The second-order valence-electron chi connectivity index (χ2n) is 11.4. The van der Waals surface area contributed by atoms with Crippen LogP contribution in [0.25, 0.3) is 0 Å². The second-order valence-corrected chi connectivity index (χ2v) is 11.4. The average molecular weight is 569 g/mol. The fourth-order valence-corrected chi connectivity index (χ4v) is 6.35. The number of fused-ring (bicyclic) bond motifs is 1. The number of hydrogen-bond donors (Lipinski definition) is 3. The number of ether oxygens (including phenoxy) is 1. The first kappa shape index (κ1) is 29.3. The number of likely N-dealkylation sites (tertiary alicyclic amines) is 1. The lowest BCUT2D eigenvalue weighted by atomic mass is 9.74. The topological polar surface area (TPSA) is 114 Å². The third-order valence-corrected chi connectivity index (χ3v) is 8.47. The highest BCUT2D eigenvalue weighted by Gasteiger charge is 2.46. The summed E-state index contributed by atoms with van der Waals surface area (Å²) in [6.45, 7) is 3.84. The van der Waals surface area contributed by atoms with E-state index < -0.39 is 11.5 Å². The summed E-state index contributed by atoms with van der Waals surface area (Å²) in [7, 11) is 0. The van der Waals surface area contributed by atoms with Gasteiger partial charge in [-0.15, -0.1) is 0 Å². The predicted octanol–water partition coefficient (Wildman–Crippen LogP) is 4.26. The molecule has 2 aliphatic heterocycles. The van der Waals surface area contributed by atoms with Gasteiger partial charge in [-0.25, -0.2) is 0 Å². The highest BCUT2D eigenvalue weighted by atomic mass is 16.5. The van der Waals surface area contributed by atoms with Crippen LogP contribution in [0.3, 0.4) is 0 Å². The van der Waals surface area contributed by atoms with Gasteiger partial charge in [-0.1, -0.05) is 60.7 Å². The zero-order valence-corrected chi connectivity index (χ0v) is 24.2. The molecule has 2 amide bonds. The molecule has 0 aliphatic carbocycles. The van der Waals surface area contributed by atoms with Crippen LogP contribution in [0.15, 0.2) is 78.9 Å². The Labute approximate surface area is 247 Å². The molecule has 1 fully saturated rings. The first-order valence-electron chi connectivity index (χ1n) is 14.8. The Kier molecular flexibility index (Phi) is 9.22. The summed E-state index contributed by atoms with van der Waals surface area (Å²) in [5, 5.41) is 6.49. The Morgan fingerprint density at radius 1 is 1.05 bits per heavy atom. The SMILES string of the molecule is CCOC(=O)C1(Cc2ccccc2)CCCN(C(=O)C(CC2CNc3ccccc32)NC(=O)c2cccc(CN)c2)C1. The summed E-state index contributed by atoms with van der Waals surface area (Å²) in [4.78, 5) is 43.0. The van der Waals surface area contributed by atoms with Crippen molar-refractivity contribution < 1.29 is 19.1 Å². The molecule has 4 N–H and O–H groups in total. The van der Waals surface area contributed by atoms with Gasteiger partial charge in [0.2, 0.25) is 5.91 Å². The summed E-state index contributed by atoms with van der Waals surface area (Å²) >= 11 is 0. The minimum Gasteiger partial charge on any atom is -0.466 e. The molecule has 0 spiro atoms. The molecule has 0 radical (unpaired) electrons. The van der Waals surface area contributed by atoms with Crippen molar-refractivity contribution in [3.63, 3.8) is 0 Å². The molecule has 0 saturated carbocycles. The molecule has 3 aromatic carbocycles. The van der Waals surface area contributed by atoms with E-state index in [2.05, 4.69) is 16.7 Å². The Hall–Kier alpha value is -4.17. The number of nitrogens with one attached hydrogen (secondary N) is 2. The number of para-hydroxylation sites is 1. The standard InChI is InChI=1S/C34H40N4O4/c1-2-42-33(41)34(20-24-10-4-3-5-11-24)16-9-17-38(23-34)32(40)30(19-27-22-36-29-15-7-6-14-28(27)29)37-31(39)26-13-8-12-25(18-26)21-35/h3-8,10-15,18,27,30,36H,2,9,16-17,19-23,35H2,1H3,(H,37,39). The van der Waals surface area contributed by atoms with E-state index in [1.54, 1.807) is 30.0 Å². The number of anilines is 1. The second kappa shape index (κ2) is 13.2. The zero-order valence-electron chi connectivity index (χ0n) is 24.2.